The van der Waals surface area contributed by atoms with Gasteiger partial charge in [0.2, 0.25) is 5.89 Å². The summed E-state index contributed by atoms with van der Waals surface area (Å²) in [5, 5.41) is 19.2. The average molecular weight is 437 g/mol. The number of hydrogen-bond donors (Lipinski definition) is 1. The second kappa shape index (κ2) is 7.83. The van der Waals surface area contributed by atoms with Gasteiger partial charge < -0.3 is 13.9 Å². The molecule has 0 amide bonds. The molecule has 0 bridgehead atoms. The molecule has 1 aliphatic heterocycles. The van der Waals surface area contributed by atoms with Crippen LogP contribution in [0.3, 0.4) is 0 Å². The number of fused-ring (bicyclic) bond motifs is 1. The van der Waals surface area contributed by atoms with Crippen LogP contribution >= 0.6 is 11.8 Å². The summed E-state index contributed by atoms with van der Waals surface area (Å²) in [6, 6.07) is 4.71. The molecule has 1 N–H and O–H groups in total. The Morgan fingerprint density at radius 2 is 2.03 bits per heavy atom. The number of phenolic OH excluding ortho intramolecular Hbond substituents is 1. The van der Waals surface area contributed by atoms with Gasteiger partial charge in [-0.05, 0) is 36.0 Å². The third kappa shape index (κ3) is 4.48. The largest absolute Gasteiger partial charge is 0.508 e. The van der Waals surface area contributed by atoms with Gasteiger partial charge in [0.25, 0.3) is 5.22 Å². The molecule has 1 atom stereocenters. The van der Waals surface area contributed by atoms with Gasteiger partial charge in [-0.15, -0.1) is 10.2 Å². The van der Waals surface area contributed by atoms with Crippen LogP contribution in [-0.2, 0) is 28.4 Å². The highest BCUT2D eigenvalue weighted by atomic mass is 32.2. The predicted octanol–water partition coefficient (Wildman–Crippen LogP) is 2.71. The van der Waals surface area contributed by atoms with Gasteiger partial charge >= 0.3 is 5.63 Å². The Morgan fingerprint density at radius 1 is 1.21 bits per heavy atom. The van der Waals surface area contributed by atoms with Crippen LogP contribution in [0, 0.1) is 5.92 Å². The molecule has 3 heterocycles. The molecule has 10 heteroatoms. The summed E-state index contributed by atoms with van der Waals surface area (Å²) in [6.45, 7) is 1.93. The van der Waals surface area contributed by atoms with Gasteiger partial charge in [-0.25, -0.2) is 13.2 Å². The maximum absolute atomic E-state index is 11.9. The predicted molar refractivity (Wildman–Crippen MR) is 108 cm³/mol. The minimum absolute atomic E-state index is 0.0149. The third-order valence-corrected chi connectivity index (χ3v) is 7.70. The molecule has 0 saturated carbocycles. The first-order valence-electron chi connectivity index (χ1n) is 9.27. The Morgan fingerprint density at radius 3 is 2.76 bits per heavy atom. The van der Waals surface area contributed by atoms with E-state index in [9.17, 15) is 18.3 Å². The maximum Gasteiger partial charge on any atom is 0.336 e. The number of benzene rings is 1. The minimum Gasteiger partial charge on any atom is -0.508 e. The SMILES string of the molecule is CCc1cc2c(CSc3nnc(CC4CCS(=O)(=O)C4)o3)cc(=O)oc2cc1O. The van der Waals surface area contributed by atoms with Crippen LogP contribution in [0.4, 0.5) is 0 Å². The van der Waals surface area contributed by atoms with Crippen LogP contribution in [-0.4, -0.2) is 35.2 Å². The average Bonchev–Trinajstić information content (AvgIpc) is 3.24. The summed E-state index contributed by atoms with van der Waals surface area (Å²) in [5.41, 5.74) is 1.35. The Hall–Kier alpha value is -2.33. The van der Waals surface area contributed by atoms with Crippen molar-refractivity contribution < 1.29 is 22.4 Å². The molecular weight excluding hydrogens is 416 g/mol. The molecule has 1 aromatic carbocycles. The second-order valence-corrected chi connectivity index (χ2v) is 10.3. The summed E-state index contributed by atoms with van der Waals surface area (Å²) in [6.07, 6.45) is 1.72. The number of aryl methyl sites for hydroxylation is 1. The Balaban J connectivity index is 1.50. The lowest BCUT2D eigenvalue weighted by atomic mass is 10.1. The molecule has 0 radical (unpaired) electrons. The van der Waals surface area contributed by atoms with Crippen molar-refractivity contribution in [3.05, 3.63) is 45.6 Å². The van der Waals surface area contributed by atoms with E-state index in [0.29, 0.717) is 41.7 Å². The topological polar surface area (TPSA) is 124 Å². The van der Waals surface area contributed by atoms with Gasteiger partial charge in [-0.3, -0.25) is 0 Å². The van der Waals surface area contributed by atoms with Crippen molar-refractivity contribution in [2.45, 2.75) is 37.2 Å². The number of aromatic hydroxyl groups is 1. The molecule has 2 aromatic heterocycles. The summed E-state index contributed by atoms with van der Waals surface area (Å²) in [5.74, 6) is 1.33. The number of thioether (sulfide) groups is 1. The lowest BCUT2D eigenvalue weighted by Crippen LogP contribution is -2.07. The number of rotatable bonds is 6. The number of hydrogen-bond acceptors (Lipinski definition) is 9. The molecular formula is C19H20N2O6S2. The zero-order valence-corrected chi connectivity index (χ0v) is 17.4. The first-order valence-corrected chi connectivity index (χ1v) is 12.1. The molecule has 4 rings (SSSR count). The fourth-order valence-corrected chi connectivity index (χ4v) is 6.14. The summed E-state index contributed by atoms with van der Waals surface area (Å²) in [7, 11) is -2.94. The van der Waals surface area contributed by atoms with Crippen LogP contribution in [0.1, 0.15) is 30.4 Å². The van der Waals surface area contributed by atoms with Gasteiger partial charge in [0, 0.05) is 29.7 Å². The summed E-state index contributed by atoms with van der Waals surface area (Å²) in [4.78, 5) is 11.9. The van der Waals surface area contributed by atoms with Crippen LogP contribution in [0.15, 0.2) is 37.1 Å². The van der Waals surface area contributed by atoms with E-state index in [1.807, 2.05) is 13.0 Å². The van der Waals surface area contributed by atoms with Crippen LogP contribution in [0.2, 0.25) is 0 Å². The highest BCUT2D eigenvalue weighted by Gasteiger charge is 2.29. The van der Waals surface area contributed by atoms with Crippen LogP contribution in [0.25, 0.3) is 11.0 Å². The quantitative estimate of drug-likeness (QED) is 0.459. The first kappa shape index (κ1) is 20.0. The van der Waals surface area contributed by atoms with Crippen molar-refractivity contribution in [3.8, 4) is 5.75 Å². The molecule has 154 valence electrons. The molecule has 8 nitrogen and oxygen atoms in total. The highest BCUT2D eigenvalue weighted by molar-refractivity contribution is 7.98. The fourth-order valence-electron chi connectivity index (χ4n) is 3.51. The van der Waals surface area contributed by atoms with E-state index in [0.717, 1.165) is 16.5 Å². The summed E-state index contributed by atoms with van der Waals surface area (Å²) >= 11 is 1.29. The van der Waals surface area contributed by atoms with E-state index < -0.39 is 15.5 Å². The van der Waals surface area contributed by atoms with Crippen LogP contribution in [0.5, 0.6) is 5.75 Å². The smallest absolute Gasteiger partial charge is 0.336 e. The van der Waals surface area contributed by atoms with Gasteiger partial charge in [-0.1, -0.05) is 18.7 Å². The molecule has 0 aliphatic carbocycles. The van der Waals surface area contributed by atoms with Crippen molar-refractivity contribution in [1.29, 1.82) is 0 Å². The zero-order chi connectivity index (χ0) is 20.6. The molecule has 29 heavy (non-hydrogen) atoms. The van der Waals surface area contributed by atoms with E-state index in [2.05, 4.69) is 10.2 Å². The Kier molecular flexibility index (Phi) is 5.39. The maximum atomic E-state index is 11.9. The lowest BCUT2D eigenvalue weighted by molar-refractivity contribution is 0.389. The molecule has 0 spiro atoms. The van der Waals surface area contributed by atoms with Crippen molar-refractivity contribution >= 4 is 32.6 Å². The van der Waals surface area contributed by atoms with E-state index >= 15 is 0 Å². The lowest BCUT2D eigenvalue weighted by Gasteiger charge is -2.07. The van der Waals surface area contributed by atoms with Gasteiger partial charge in [0.05, 0.1) is 11.5 Å². The fraction of sp³-hybridized carbons (Fsp3) is 0.421. The number of nitrogens with zero attached hydrogens (tertiary/aromatic N) is 2. The van der Waals surface area contributed by atoms with E-state index in [4.69, 9.17) is 8.83 Å². The highest BCUT2D eigenvalue weighted by Crippen LogP contribution is 2.31. The van der Waals surface area contributed by atoms with Crippen molar-refractivity contribution in [1.82, 2.24) is 10.2 Å². The van der Waals surface area contributed by atoms with E-state index in [1.165, 1.54) is 23.9 Å². The van der Waals surface area contributed by atoms with Gasteiger partial charge in [0.1, 0.15) is 11.3 Å². The number of sulfone groups is 1. The molecule has 1 fully saturated rings. The molecule has 1 saturated heterocycles. The number of phenols is 1. The first-order chi connectivity index (χ1) is 13.8. The second-order valence-electron chi connectivity index (χ2n) is 7.14. The third-order valence-electron chi connectivity index (χ3n) is 5.00. The van der Waals surface area contributed by atoms with Gasteiger partial charge in [-0.2, -0.15) is 0 Å². The monoisotopic (exact) mass is 436 g/mol. The van der Waals surface area contributed by atoms with Crippen molar-refractivity contribution in [2.75, 3.05) is 11.5 Å². The molecule has 3 aromatic rings. The Labute approximate surface area is 171 Å². The normalized spacial score (nSPS) is 18.4. The van der Waals surface area contributed by atoms with Crippen molar-refractivity contribution in [2.24, 2.45) is 5.92 Å². The summed E-state index contributed by atoms with van der Waals surface area (Å²) < 4.78 is 34.0. The Bertz CT molecular complexity index is 1220. The zero-order valence-electron chi connectivity index (χ0n) is 15.8. The number of aromatic nitrogens is 2. The van der Waals surface area contributed by atoms with E-state index in [1.54, 1.807) is 0 Å². The van der Waals surface area contributed by atoms with E-state index in [-0.39, 0.29) is 23.2 Å². The standard InChI is InChI=1S/C19H20N2O6S2/c1-2-12-6-14-13(7-18(23)26-16(14)8-15(12)22)9-28-19-21-20-17(27-19)5-11-3-4-29(24,25)10-11/h6-8,11,22H,2-5,9-10H2,1H3. The van der Waals surface area contributed by atoms with Gasteiger partial charge in [0.15, 0.2) is 9.84 Å². The molecule has 1 aliphatic rings. The van der Waals surface area contributed by atoms with Crippen molar-refractivity contribution in [3.63, 3.8) is 0 Å². The van der Waals surface area contributed by atoms with Crippen LogP contribution < -0.4 is 5.63 Å². The minimum atomic E-state index is -2.94. The molecule has 1 unspecified atom stereocenters.